The molecule has 2 aromatic rings. The second-order valence-corrected chi connectivity index (χ2v) is 5.73. The first-order valence-electron chi connectivity index (χ1n) is 8.37. The number of nitrogens with zero attached hydrogens (tertiary/aromatic N) is 2. The van der Waals surface area contributed by atoms with E-state index in [0.29, 0.717) is 11.6 Å². The van der Waals surface area contributed by atoms with Crippen molar-refractivity contribution in [1.29, 1.82) is 5.26 Å². The molecule has 1 aromatic carbocycles. The van der Waals surface area contributed by atoms with Gasteiger partial charge in [0.1, 0.15) is 0 Å². The number of H-pyrrole nitrogens is 1. The zero-order valence-corrected chi connectivity index (χ0v) is 13.7. The van der Waals surface area contributed by atoms with Crippen LogP contribution in [-0.4, -0.2) is 9.55 Å². The van der Waals surface area contributed by atoms with E-state index in [1.165, 1.54) is 19.3 Å². The summed E-state index contributed by atoms with van der Waals surface area (Å²) in [5.74, 6) is 0.817. The monoisotopic (exact) mass is 299 g/mol. The molecule has 1 heterocycles. The molecular formula is C18H25N3O. The first-order valence-corrected chi connectivity index (χ1v) is 8.37. The molecule has 1 aromatic heterocycles. The van der Waals surface area contributed by atoms with Crippen LogP contribution in [0.25, 0.3) is 11.0 Å². The Morgan fingerprint density at radius 2 is 1.95 bits per heavy atom. The van der Waals surface area contributed by atoms with Gasteiger partial charge in [-0.15, -0.1) is 0 Å². The maximum absolute atomic E-state index is 12.2. The van der Waals surface area contributed by atoms with E-state index >= 15 is 0 Å². The predicted molar refractivity (Wildman–Crippen MR) is 89.9 cm³/mol. The summed E-state index contributed by atoms with van der Waals surface area (Å²) in [5.41, 5.74) is 2.23. The molecule has 1 N–H and O–H groups in total. The number of fused-ring (bicyclic) bond motifs is 1. The number of nitriles is 1. The Morgan fingerprint density at radius 1 is 1.27 bits per heavy atom. The van der Waals surface area contributed by atoms with Crippen LogP contribution >= 0.6 is 0 Å². The summed E-state index contributed by atoms with van der Waals surface area (Å²) in [6, 6.07) is 7.83. The summed E-state index contributed by atoms with van der Waals surface area (Å²) in [4.78, 5) is 15.1. The smallest absolute Gasteiger partial charge is 0.305 e. The van der Waals surface area contributed by atoms with Gasteiger partial charge in [0.25, 0.3) is 0 Å². The zero-order valence-electron chi connectivity index (χ0n) is 13.7. The topological polar surface area (TPSA) is 61.6 Å². The van der Waals surface area contributed by atoms with Gasteiger partial charge in [-0.2, -0.15) is 5.26 Å². The van der Waals surface area contributed by atoms with Crippen molar-refractivity contribution < 1.29 is 0 Å². The van der Waals surface area contributed by atoms with Gasteiger partial charge in [0.15, 0.2) is 0 Å². The lowest BCUT2D eigenvalue weighted by Gasteiger charge is -2.28. The van der Waals surface area contributed by atoms with Crippen LogP contribution in [0.1, 0.15) is 64.5 Å². The normalized spacial score (nSPS) is 21.0. The molecule has 1 aliphatic rings. The van der Waals surface area contributed by atoms with Gasteiger partial charge >= 0.3 is 5.69 Å². The minimum Gasteiger partial charge on any atom is -0.305 e. The van der Waals surface area contributed by atoms with Crippen LogP contribution in [0, 0.1) is 17.2 Å². The maximum Gasteiger partial charge on any atom is 0.326 e. The molecule has 0 spiro atoms. The van der Waals surface area contributed by atoms with Crippen LogP contribution in [0.3, 0.4) is 0 Å². The largest absolute Gasteiger partial charge is 0.326 e. The number of nitrogens with one attached hydrogen (secondary N) is 1. The van der Waals surface area contributed by atoms with Crippen molar-refractivity contribution in [1.82, 2.24) is 9.55 Å². The van der Waals surface area contributed by atoms with Gasteiger partial charge in [0.05, 0.1) is 22.7 Å². The molecule has 0 amide bonds. The summed E-state index contributed by atoms with van der Waals surface area (Å²) < 4.78 is 1.89. The first kappa shape index (κ1) is 16.4. The van der Waals surface area contributed by atoms with Crippen molar-refractivity contribution in [3.05, 3.63) is 34.2 Å². The average molecular weight is 299 g/mol. The zero-order chi connectivity index (χ0) is 16.1. The lowest BCUT2D eigenvalue weighted by Crippen LogP contribution is -2.26. The molecule has 0 atom stereocenters. The van der Waals surface area contributed by atoms with Crippen LogP contribution in [-0.2, 0) is 0 Å². The number of hydrogen-bond acceptors (Lipinski definition) is 2. The Kier molecular flexibility index (Phi) is 5.43. The fourth-order valence-corrected chi connectivity index (χ4v) is 3.37. The van der Waals surface area contributed by atoms with Crippen molar-refractivity contribution in [2.45, 2.75) is 58.9 Å². The molecule has 118 valence electrons. The third kappa shape index (κ3) is 3.09. The highest BCUT2D eigenvalue weighted by Gasteiger charge is 2.24. The van der Waals surface area contributed by atoms with E-state index in [9.17, 15) is 4.79 Å². The minimum absolute atomic E-state index is 0.0463. The van der Waals surface area contributed by atoms with Gasteiger partial charge < -0.3 is 4.98 Å². The summed E-state index contributed by atoms with van der Waals surface area (Å²) in [6.45, 7) is 6.24. The molecule has 0 aliphatic heterocycles. The van der Waals surface area contributed by atoms with Gasteiger partial charge in [-0.25, -0.2) is 4.79 Å². The fourth-order valence-electron chi connectivity index (χ4n) is 3.37. The molecule has 4 nitrogen and oxygen atoms in total. The Labute approximate surface area is 131 Å². The highest BCUT2D eigenvalue weighted by Crippen LogP contribution is 2.34. The third-order valence-electron chi connectivity index (χ3n) is 4.60. The molecule has 1 fully saturated rings. The van der Waals surface area contributed by atoms with E-state index in [1.54, 1.807) is 12.1 Å². The van der Waals surface area contributed by atoms with E-state index in [0.717, 1.165) is 29.8 Å². The first-order chi connectivity index (χ1) is 10.7. The molecule has 0 saturated heterocycles. The SMILES string of the molecule is CC.CCC1CCC(n2c(=O)[nH]c3cc(C#N)ccc32)CC1. The fraction of sp³-hybridized carbons (Fsp3) is 0.556. The Bertz CT molecular complexity index is 712. The van der Waals surface area contributed by atoms with E-state index in [1.807, 2.05) is 24.5 Å². The van der Waals surface area contributed by atoms with Crippen LogP contribution < -0.4 is 5.69 Å². The summed E-state index contributed by atoms with van der Waals surface area (Å²) >= 11 is 0. The van der Waals surface area contributed by atoms with Crippen molar-refractivity contribution in [3.8, 4) is 6.07 Å². The van der Waals surface area contributed by atoms with E-state index in [4.69, 9.17) is 5.26 Å². The van der Waals surface area contributed by atoms with E-state index in [2.05, 4.69) is 18.0 Å². The number of aromatic nitrogens is 2. The quantitative estimate of drug-likeness (QED) is 0.895. The molecule has 1 saturated carbocycles. The number of rotatable bonds is 2. The minimum atomic E-state index is -0.0463. The molecule has 1 aliphatic carbocycles. The number of benzene rings is 1. The number of aromatic amines is 1. The van der Waals surface area contributed by atoms with Gasteiger partial charge in [-0.3, -0.25) is 4.57 Å². The van der Waals surface area contributed by atoms with Gasteiger partial charge in [0.2, 0.25) is 0 Å². The predicted octanol–water partition coefficient (Wildman–Crippen LogP) is 4.37. The van der Waals surface area contributed by atoms with Crippen LogP contribution in [0.2, 0.25) is 0 Å². The van der Waals surface area contributed by atoms with Crippen LogP contribution in [0.5, 0.6) is 0 Å². The maximum atomic E-state index is 12.2. The van der Waals surface area contributed by atoms with Crippen LogP contribution in [0.4, 0.5) is 0 Å². The highest BCUT2D eigenvalue weighted by molar-refractivity contribution is 5.77. The second-order valence-electron chi connectivity index (χ2n) is 5.73. The van der Waals surface area contributed by atoms with Gasteiger partial charge in [-0.1, -0.05) is 27.2 Å². The molecule has 3 rings (SSSR count). The molecular weight excluding hydrogens is 274 g/mol. The van der Waals surface area contributed by atoms with Crippen molar-refractivity contribution in [2.24, 2.45) is 5.92 Å². The lowest BCUT2D eigenvalue weighted by atomic mass is 9.84. The standard InChI is InChI=1S/C16H19N3O.C2H6/c1-2-11-3-6-13(7-4-11)19-15-8-5-12(10-17)9-14(15)18-16(19)20;1-2/h5,8-9,11,13H,2-4,6-7H2,1H3,(H,18,20);1-2H3. The summed E-state index contributed by atoms with van der Waals surface area (Å²) in [5, 5.41) is 8.93. The van der Waals surface area contributed by atoms with Crippen molar-refractivity contribution in [2.75, 3.05) is 0 Å². The molecule has 4 heteroatoms. The number of imidazole rings is 1. The Morgan fingerprint density at radius 3 is 2.55 bits per heavy atom. The summed E-state index contributed by atoms with van der Waals surface area (Å²) in [7, 11) is 0. The Balaban J connectivity index is 0.000000847. The Hall–Kier alpha value is -2.02. The van der Waals surface area contributed by atoms with Gasteiger partial charge in [0, 0.05) is 6.04 Å². The van der Waals surface area contributed by atoms with E-state index in [-0.39, 0.29) is 5.69 Å². The van der Waals surface area contributed by atoms with E-state index < -0.39 is 0 Å². The summed E-state index contributed by atoms with van der Waals surface area (Å²) in [6.07, 6.45) is 5.80. The molecule has 0 bridgehead atoms. The second kappa shape index (κ2) is 7.31. The lowest BCUT2D eigenvalue weighted by molar-refractivity contribution is 0.270. The van der Waals surface area contributed by atoms with Crippen molar-refractivity contribution in [3.63, 3.8) is 0 Å². The van der Waals surface area contributed by atoms with Crippen molar-refractivity contribution >= 4 is 11.0 Å². The number of hydrogen-bond donors (Lipinski definition) is 1. The average Bonchev–Trinajstić information content (AvgIpc) is 2.91. The third-order valence-corrected chi connectivity index (χ3v) is 4.60. The molecule has 0 unspecified atom stereocenters. The molecule has 0 radical (unpaired) electrons. The van der Waals surface area contributed by atoms with Crippen LogP contribution in [0.15, 0.2) is 23.0 Å². The molecule has 22 heavy (non-hydrogen) atoms. The van der Waals surface area contributed by atoms with Gasteiger partial charge in [-0.05, 0) is 49.8 Å². The highest BCUT2D eigenvalue weighted by atomic mass is 16.1.